The molecule has 1 N–H and O–H groups in total. The maximum Gasteiger partial charge on any atom is 0.289 e. The second kappa shape index (κ2) is 8.37. The van der Waals surface area contributed by atoms with Crippen molar-refractivity contribution in [3.8, 4) is 0 Å². The number of anilines is 1. The monoisotopic (exact) mass is 483 g/mol. The lowest BCUT2D eigenvalue weighted by Crippen LogP contribution is -2.54. The van der Waals surface area contributed by atoms with Crippen LogP contribution in [0.5, 0.6) is 0 Å². The van der Waals surface area contributed by atoms with Gasteiger partial charge in [-0.1, -0.05) is 15.9 Å². The van der Waals surface area contributed by atoms with Gasteiger partial charge >= 0.3 is 0 Å². The fraction of sp³-hybridized carbons (Fsp3) is 0.333. The third-order valence-electron chi connectivity index (χ3n) is 4.45. The molecule has 1 aromatic heterocycles. The Bertz CT molecular complexity index is 787. The van der Waals surface area contributed by atoms with Crippen molar-refractivity contribution in [1.29, 1.82) is 0 Å². The number of piperazine rings is 1. The summed E-state index contributed by atoms with van der Waals surface area (Å²) in [5.74, 6) is 0.175. The molecule has 0 aliphatic carbocycles. The number of rotatable bonds is 4. The van der Waals surface area contributed by atoms with Gasteiger partial charge in [0.25, 0.3) is 5.91 Å². The SMILES string of the molecule is C[C@H](C(=O)Nc1ccc(Br)cc1Br)N1CCN(C(=O)c2ccco2)CC1. The first kappa shape index (κ1) is 19.1. The Morgan fingerprint density at radius 3 is 2.50 bits per heavy atom. The number of nitrogens with one attached hydrogen (secondary N) is 1. The topological polar surface area (TPSA) is 65.8 Å². The standard InChI is InChI=1S/C18H19Br2N3O3/c1-12(17(24)21-15-5-4-13(19)11-14(15)20)22-6-8-23(9-7-22)18(25)16-3-2-10-26-16/h2-5,10-12H,6-9H2,1H3,(H,21,24)/t12-/m1/s1. The molecule has 1 saturated heterocycles. The van der Waals surface area contributed by atoms with Crippen LogP contribution in [0.15, 0.2) is 50.0 Å². The van der Waals surface area contributed by atoms with Crippen molar-refractivity contribution in [3.63, 3.8) is 0 Å². The minimum atomic E-state index is -0.286. The molecule has 0 radical (unpaired) electrons. The van der Waals surface area contributed by atoms with Gasteiger partial charge in [-0.3, -0.25) is 14.5 Å². The Labute approximate surface area is 168 Å². The minimum absolute atomic E-state index is 0.0705. The highest BCUT2D eigenvalue weighted by Crippen LogP contribution is 2.26. The van der Waals surface area contributed by atoms with Crippen molar-refractivity contribution < 1.29 is 14.0 Å². The molecule has 3 rings (SSSR count). The molecule has 2 aromatic rings. The quantitative estimate of drug-likeness (QED) is 0.720. The van der Waals surface area contributed by atoms with Crippen LogP contribution in [0.25, 0.3) is 0 Å². The number of hydrogen-bond donors (Lipinski definition) is 1. The van der Waals surface area contributed by atoms with E-state index in [0.717, 1.165) is 14.6 Å². The summed E-state index contributed by atoms with van der Waals surface area (Å²) >= 11 is 6.85. The maximum atomic E-state index is 12.6. The molecule has 1 aliphatic heterocycles. The summed E-state index contributed by atoms with van der Waals surface area (Å²) in [6, 6.07) is 8.70. The number of furan rings is 1. The molecular weight excluding hydrogens is 466 g/mol. The average molecular weight is 485 g/mol. The average Bonchev–Trinajstić information content (AvgIpc) is 3.17. The molecule has 1 fully saturated rings. The van der Waals surface area contributed by atoms with Crippen molar-refractivity contribution in [1.82, 2.24) is 9.80 Å². The summed E-state index contributed by atoms with van der Waals surface area (Å²) in [5, 5.41) is 2.95. The Hall–Kier alpha value is -1.64. The summed E-state index contributed by atoms with van der Waals surface area (Å²) in [7, 11) is 0. The van der Waals surface area contributed by atoms with Crippen LogP contribution in [0.3, 0.4) is 0 Å². The molecular formula is C18H19Br2N3O3. The van der Waals surface area contributed by atoms with E-state index in [1.165, 1.54) is 6.26 Å². The van der Waals surface area contributed by atoms with Gasteiger partial charge in [0, 0.05) is 35.1 Å². The largest absolute Gasteiger partial charge is 0.459 e. The molecule has 26 heavy (non-hydrogen) atoms. The van der Waals surface area contributed by atoms with Crippen LogP contribution in [-0.4, -0.2) is 53.8 Å². The molecule has 0 bridgehead atoms. The Morgan fingerprint density at radius 1 is 1.15 bits per heavy atom. The molecule has 6 nitrogen and oxygen atoms in total. The summed E-state index contributed by atoms with van der Waals surface area (Å²) in [6.45, 7) is 4.30. The molecule has 1 aliphatic rings. The summed E-state index contributed by atoms with van der Waals surface area (Å²) < 4.78 is 6.93. The van der Waals surface area contributed by atoms with E-state index < -0.39 is 0 Å². The number of carbonyl (C=O) groups is 2. The number of halogens is 2. The highest BCUT2D eigenvalue weighted by atomic mass is 79.9. The zero-order valence-electron chi connectivity index (χ0n) is 14.2. The van der Waals surface area contributed by atoms with Crippen molar-refractivity contribution in [3.05, 3.63) is 51.3 Å². The number of hydrogen-bond acceptors (Lipinski definition) is 4. The second-order valence-electron chi connectivity index (χ2n) is 6.09. The summed E-state index contributed by atoms with van der Waals surface area (Å²) in [6.07, 6.45) is 1.50. The van der Waals surface area contributed by atoms with Crippen molar-refractivity contribution >= 4 is 49.4 Å². The first-order valence-electron chi connectivity index (χ1n) is 8.28. The van der Waals surface area contributed by atoms with Crippen LogP contribution in [0.1, 0.15) is 17.5 Å². The number of benzene rings is 1. The van der Waals surface area contributed by atoms with Gasteiger partial charge in [-0.2, -0.15) is 0 Å². The van der Waals surface area contributed by atoms with E-state index in [2.05, 4.69) is 42.1 Å². The Morgan fingerprint density at radius 2 is 1.88 bits per heavy atom. The van der Waals surface area contributed by atoms with Crippen LogP contribution in [0.2, 0.25) is 0 Å². The predicted molar refractivity (Wildman–Crippen MR) is 106 cm³/mol. The van der Waals surface area contributed by atoms with Gasteiger partial charge in [-0.25, -0.2) is 0 Å². The highest BCUT2D eigenvalue weighted by Gasteiger charge is 2.28. The smallest absolute Gasteiger partial charge is 0.289 e. The van der Waals surface area contributed by atoms with Gasteiger partial charge in [-0.05, 0) is 53.2 Å². The van der Waals surface area contributed by atoms with Crippen molar-refractivity contribution in [2.75, 3.05) is 31.5 Å². The van der Waals surface area contributed by atoms with Gasteiger partial charge < -0.3 is 14.6 Å². The fourth-order valence-corrected chi connectivity index (χ4v) is 4.01. The van der Waals surface area contributed by atoms with Crippen LogP contribution in [-0.2, 0) is 4.79 Å². The van der Waals surface area contributed by atoms with Gasteiger partial charge in [0.05, 0.1) is 18.0 Å². The van der Waals surface area contributed by atoms with Crippen LogP contribution < -0.4 is 5.32 Å². The predicted octanol–water partition coefficient (Wildman–Crippen LogP) is 3.59. The second-order valence-corrected chi connectivity index (χ2v) is 7.86. The highest BCUT2D eigenvalue weighted by molar-refractivity contribution is 9.11. The first-order valence-corrected chi connectivity index (χ1v) is 9.87. The van der Waals surface area contributed by atoms with Gasteiger partial charge in [-0.15, -0.1) is 0 Å². The molecule has 1 aromatic carbocycles. The lowest BCUT2D eigenvalue weighted by Gasteiger charge is -2.37. The molecule has 0 unspecified atom stereocenters. The summed E-state index contributed by atoms with van der Waals surface area (Å²) in [4.78, 5) is 28.7. The van der Waals surface area contributed by atoms with E-state index >= 15 is 0 Å². The van der Waals surface area contributed by atoms with E-state index in [9.17, 15) is 9.59 Å². The lowest BCUT2D eigenvalue weighted by atomic mass is 10.2. The third-order valence-corrected chi connectivity index (χ3v) is 5.60. The van der Waals surface area contributed by atoms with E-state index in [0.29, 0.717) is 31.9 Å². The molecule has 8 heteroatoms. The Kier molecular flexibility index (Phi) is 6.16. The van der Waals surface area contributed by atoms with Crippen molar-refractivity contribution in [2.45, 2.75) is 13.0 Å². The van der Waals surface area contributed by atoms with Gasteiger partial charge in [0.15, 0.2) is 5.76 Å². The van der Waals surface area contributed by atoms with E-state index in [1.807, 2.05) is 25.1 Å². The Balaban J connectivity index is 1.55. The van der Waals surface area contributed by atoms with E-state index in [4.69, 9.17) is 4.42 Å². The third kappa shape index (κ3) is 4.36. The van der Waals surface area contributed by atoms with E-state index in [1.54, 1.807) is 17.0 Å². The molecule has 138 valence electrons. The van der Waals surface area contributed by atoms with Gasteiger partial charge in [0.2, 0.25) is 5.91 Å². The zero-order valence-corrected chi connectivity index (χ0v) is 17.4. The molecule has 0 saturated carbocycles. The van der Waals surface area contributed by atoms with Gasteiger partial charge in [0.1, 0.15) is 0 Å². The zero-order chi connectivity index (χ0) is 18.7. The molecule has 0 spiro atoms. The minimum Gasteiger partial charge on any atom is -0.459 e. The first-order chi connectivity index (χ1) is 12.5. The molecule has 2 amide bonds. The maximum absolute atomic E-state index is 12.6. The fourth-order valence-electron chi connectivity index (χ4n) is 2.86. The van der Waals surface area contributed by atoms with Crippen LogP contribution in [0.4, 0.5) is 5.69 Å². The number of nitrogens with zero attached hydrogens (tertiary/aromatic N) is 2. The normalized spacial score (nSPS) is 16.3. The lowest BCUT2D eigenvalue weighted by molar-refractivity contribution is -0.121. The van der Waals surface area contributed by atoms with Crippen LogP contribution in [0, 0.1) is 0 Å². The molecule has 1 atom stereocenters. The number of amides is 2. The summed E-state index contributed by atoms with van der Waals surface area (Å²) in [5.41, 5.74) is 0.733. The van der Waals surface area contributed by atoms with Crippen LogP contribution >= 0.6 is 31.9 Å². The number of carbonyl (C=O) groups excluding carboxylic acids is 2. The molecule has 2 heterocycles. The van der Waals surface area contributed by atoms with E-state index in [-0.39, 0.29) is 17.9 Å². The van der Waals surface area contributed by atoms with Crippen molar-refractivity contribution in [2.24, 2.45) is 0 Å².